The Morgan fingerprint density at radius 2 is 1.23 bits per heavy atom. The zero-order chi connectivity index (χ0) is 16.5. The molecule has 0 aromatic heterocycles. The van der Waals surface area contributed by atoms with Gasteiger partial charge in [-0.25, -0.2) is 0 Å². The van der Waals surface area contributed by atoms with Crippen molar-refractivity contribution in [2.24, 2.45) is 5.92 Å². The molecule has 0 saturated carbocycles. The van der Waals surface area contributed by atoms with Crippen molar-refractivity contribution in [3.05, 3.63) is 0 Å². The molecular formula is C20H40O2. The van der Waals surface area contributed by atoms with Crippen molar-refractivity contribution in [3.63, 3.8) is 0 Å². The molecule has 0 aromatic rings. The first-order chi connectivity index (χ1) is 10.7. The monoisotopic (exact) mass is 312 g/mol. The normalized spacial score (nSPS) is 12.3. The van der Waals surface area contributed by atoms with Crippen molar-refractivity contribution >= 4 is 5.97 Å². The van der Waals surface area contributed by atoms with Gasteiger partial charge in [-0.05, 0) is 12.3 Å². The smallest absolute Gasteiger partial charge is 0.305 e. The Morgan fingerprint density at radius 3 is 1.73 bits per heavy atom. The minimum atomic E-state index is -0.0657. The molecule has 0 rings (SSSR count). The maximum absolute atomic E-state index is 10.9. The zero-order valence-electron chi connectivity index (χ0n) is 15.5. The summed E-state index contributed by atoms with van der Waals surface area (Å²) in [4.78, 5) is 10.9. The Bertz CT molecular complexity index is 238. The van der Waals surface area contributed by atoms with Crippen molar-refractivity contribution in [1.29, 1.82) is 0 Å². The highest BCUT2D eigenvalue weighted by Gasteiger charge is 2.01. The Morgan fingerprint density at radius 1 is 0.773 bits per heavy atom. The summed E-state index contributed by atoms with van der Waals surface area (Å²) in [6.45, 7) is 4.70. The molecular weight excluding hydrogens is 272 g/mol. The fraction of sp³-hybridized carbons (Fsp3) is 0.950. The summed E-state index contributed by atoms with van der Waals surface area (Å²) in [5.74, 6) is 0.869. The Labute approximate surface area is 139 Å². The van der Waals surface area contributed by atoms with Crippen LogP contribution in [0.15, 0.2) is 0 Å². The van der Waals surface area contributed by atoms with Crippen LogP contribution in [0.5, 0.6) is 0 Å². The third-order valence-electron chi connectivity index (χ3n) is 4.61. The van der Waals surface area contributed by atoms with Gasteiger partial charge in [-0.1, -0.05) is 97.3 Å². The molecule has 0 radical (unpaired) electrons. The molecule has 0 bridgehead atoms. The molecule has 2 nitrogen and oxygen atoms in total. The van der Waals surface area contributed by atoms with Gasteiger partial charge in [0.2, 0.25) is 0 Å². The summed E-state index contributed by atoms with van der Waals surface area (Å²) in [7, 11) is 1.47. The summed E-state index contributed by atoms with van der Waals surface area (Å²) in [5, 5.41) is 0. The first kappa shape index (κ1) is 21.5. The van der Waals surface area contributed by atoms with E-state index in [4.69, 9.17) is 0 Å². The Balaban J connectivity index is 3.10. The van der Waals surface area contributed by atoms with Crippen molar-refractivity contribution in [2.75, 3.05) is 7.11 Å². The average Bonchev–Trinajstić information content (AvgIpc) is 2.53. The summed E-state index contributed by atoms with van der Waals surface area (Å²) in [6, 6.07) is 0. The van der Waals surface area contributed by atoms with E-state index >= 15 is 0 Å². The number of ether oxygens (including phenoxy) is 1. The molecule has 22 heavy (non-hydrogen) atoms. The summed E-state index contributed by atoms with van der Waals surface area (Å²) in [5.41, 5.74) is 0. The zero-order valence-corrected chi connectivity index (χ0v) is 15.5. The summed E-state index contributed by atoms with van der Waals surface area (Å²) >= 11 is 0. The summed E-state index contributed by atoms with van der Waals surface area (Å²) in [6.07, 6.45) is 19.4. The van der Waals surface area contributed by atoms with E-state index in [2.05, 4.69) is 18.6 Å². The summed E-state index contributed by atoms with van der Waals surface area (Å²) < 4.78 is 4.64. The average molecular weight is 313 g/mol. The topological polar surface area (TPSA) is 26.3 Å². The fourth-order valence-electron chi connectivity index (χ4n) is 2.98. The van der Waals surface area contributed by atoms with Crippen molar-refractivity contribution in [2.45, 2.75) is 110 Å². The fourth-order valence-corrected chi connectivity index (χ4v) is 2.98. The van der Waals surface area contributed by atoms with E-state index in [9.17, 15) is 4.79 Å². The van der Waals surface area contributed by atoms with Gasteiger partial charge in [0.05, 0.1) is 7.11 Å². The van der Waals surface area contributed by atoms with Crippen molar-refractivity contribution in [1.82, 2.24) is 0 Å². The van der Waals surface area contributed by atoms with E-state index in [1.54, 1.807) is 0 Å². The number of hydrogen-bond acceptors (Lipinski definition) is 2. The highest BCUT2D eigenvalue weighted by Crippen LogP contribution is 2.17. The predicted molar refractivity (Wildman–Crippen MR) is 96.1 cm³/mol. The predicted octanol–water partition coefficient (Wildman–Crippen LogP) is 6.67. The number of hydrogen-bond donors (Lipinski definition) is 0. The molecule has 2 heteroatoms. The maximum atomic E-state index is 10.9. The van der Waals surface area contributed by atoms with Crippen LogP contribution in [0.2, 0.25) is 0 Å². The van der Waals surface area contributed by atoms with E-state index < -0.39 is 0 Å². The van der Waals surface area contributed by atoms with Crippen LogP contribution in [0.25, 0.3) is 0 Å². The van der Waals surface area contributed by atoms with Gasteiger partial charge in [-0.15, -0.1) is 0 Å². The molecule has 0 fully saturated rings. The standard InChI is InChI=1S/C20H40O2/c1-4-5-16-19(2)17-14-12-10-8-6-7-9-11-13-15-18-20(21)22-3/h19H,4-18H2,1-3H3/t19-/m0/s1. The van der Waals surface area contributed by atoms with E-state index in [0.29, 0.717) is 6.42 Å². The van der Waals surface area contributed by atoms with E-state index in [0.717, 1.165) is 12.3 Å². The van der Waals surface area contributed by atoms with Crippen LogP contribution in [0, 0.1) is 5.92 Å². The van der Waals surface area contributed by atoms with E-state index in [-0.39, 0.29) is 5.97 Å². The number of methoxy groups -OCH3 is 1. The maximum Gasteiger partial charge on any atom is 0.305 e. The highest BCUT2D eigenvalue weighted by atomic mass is 16.5. The van der Waals surface area contributed by atoms with Crippen molar-refractivity contribution in [3.8, 4) is 0 Å². The second kappa shape index (κ2) is 16.8. The number of rotatable bonds is 16. The molecule has 0 N–H and O–H groups in total. The minimum Gasteiger partial charge on any atom is -0.469 e. The lowest BCUT2D eigenvalue weighted by Crippen LogP contribution is -1.99. The lowest BCUT2D eigenvalue weighted by atomic mass is 9.97. The third-order valence-corrected chi connectivity index (χ3v) is 4.61. The van der Waals surface area contributed by atoms with Crippen molar-refractivity contribution < 1.29 is 9.53 Å². The van der Waals surface area contributed by atoms with Crippen LogP contribution in [-0.4, -0.2) is 13.1 Å². The first-order valence-electron chi connectivity index (χ1n) is 9.77. The van der Waals surface area contributed by atoms with Gasteiger partial charge in [0.15, 0.2) is 0 Å². The number of carbonyl (C=O) groups excluding carboxylic acids is 1. The van der Waals surface area contributed by atoms with Gasteiger partial charge in [-0.3, -0.25) is 4.79 Å². The lowest BCUT2D eigenvalue weighted by Gasteiger charge is -2.10. The highest BCUT2D eigenvalue weighted by molar-refractivity contribution is 5.68. The number of unbranched alkanes of at least 4 members (excludes halogenated alkanes) is 10. The van der Waals surface area contributed by atoms with E-state index in [1.165, 1.54) is 90.6 Å². The number of carbonyl (C=O) groups is 1. The van der Waals surface area contributed by atoms with E-state index in [1.807, 2.05) is 0 Å². The molecule has 0 aliphatic rings. The molecule has 0 heterocycles. The first-order valence-corrected chi connectivity index (χ1v) is 9.77. The van der Waals surface area contributed by atoms with Gasteiger partial charge in [0, 0.05) is 6.42 Å². The Hall–Kier alpha value is -0.530. The Kier molecular flexibility index (Phi) is 16.4. The molecule has 132 valence electrons. The SMILES string of the molecule is CCCC[C@H](C)CCCCCCCCCCCCC(=O)OC. The molecule has 0 aliphatic heterocycles. The molecule has 1 atom stereocenters. The lowest BCUT2D eigenvalue weighted by molar-refractivity contribution is -0.140. The molecule has 0 unspecified atom stereocenters. The second-order valence-corrected chi connectivity index (χ2v) is 6.90. The molecule has 0 saturated heterocycles. The van der Waals surface area contributed by atoms with Crippen LogP contribution in [0.3, 0.4) is 0 Å². The van der Waals surface area contributed by atoms with Crippen LogP contribution in [-0.2, 0) is 9.53 Å². The second-order valence-electron chi connectivity index (χ2n) is 6.90. The molecule has 0 amide bonds. The minimum absolute atomic E-state index is 0.0657. The molecule has 0 spiro atoms. The van der Waals surface area contributed by atoms with Gasteiger partial charge >= 0.3 is 5.97 Å². The molecule has 0 aliphatic carbocycles. The van der Waals surface area contributed by atoms with Gasteiger partial charge < -0.3 is 4.74 Å². The largest absolute Gasteiger partial charge is 0.469 e. The molecule has 0 aromatic carbocycles. The van der Waals surface area contributed by atoms with Gasteiger partial charge in [0.25, 0.3) is 0 Å². The van der Waals surface area contributed by atoms with Crippen LogP contribution < -0.4 is 0 Å². The number of esters is 1. The van der Waals surface area contributed by atoms with Gasteiger partial charge in [0.1, 0.15) is 0 Å². The quantitative estimate of drug-likeness (QED) is 0.235. The van der Waals surface area contributed by atoms with Crippen LogP contribution in [0.1, 0.15) is 110 Å². The third kappa shape index (κ3) is 15.9. The van der Waals surface area contributed by atoms with Crippen LogP contribution >= 0.6 is 0 Å². The van der Waals surface area contributed by atoms with Crippen LogP contribution in [0.4, 0.5) is 0 Å². The van der Waals surface area contributed by atoms with Gasteiger partial charge in [-0.2, -0.15) is 0 Å².